The minimum atomic E-state index is -0.830. The van der Waals surface area contributed by atoms with Crippen LogP contribution in [-0.2, 0) is 14.3 Å². The average Bonchev–Trinajstić information content (AvgIpc) is 2.28. The first-order valence-electron chi connectivity index (χ1n) is 4.41. The summed E-state index contributed by atoms with van der Waals surface area (Å²) in [5.41, 5.74) is 0.635. The number of alkyl halides is 1. The van der Waals surface area contributed by atoms with Crippen LogP contribution in [0.4, 0.5) is 0 Å². The highest BCUT2D eigenvalue weighted by molar-refractivity contribution is 9.09. The van der Waals surface area contributed by atoms with Crippen LogP contribution < -0.4 is 0 Å². The van der Waals surface area contributed by atoms with Crippen LogP contribution in [0.2, 0.25) is 0 Å². The Balaban J connectivity index is 0.00000225. The van der Waals surface area contributed by atoms with Gasteiger partial charge in [0.1, 0.15) is 4.83 Å². The molecule has 6 heteroatoms. The summed E-state index contributed by atoms with van der Waals surface area (Å²) in [6, 6.07) is 3.41. The minimum absolute atomic E-state index is 0. The predicted octanol–water partition coefficient (Wildman–Crippen LogP) is 2.23. The first-order chi connectivity index (χ1) is 7.16. The normalized spacial score (nSPS) is 11.1. The van der Waals surface area contributed by atoms with Crippen molar-refractivity contribution in [3.8, 4) is 0 Å². The molecule has 0 N–H and O–H groups in total. The number of hydrogen-bond donors (Lipinski definition) is 0. The molecule has 0 aliphatic heterocycles. The van der Waals surface area contributed by atoms with Gasteiger partial charge in [0.05, 0.1) is 6.61 Å². The van der Waals surface area contributed by atoms with Gasteiger partial charge in [0.15, 0.2) is 0 Å². The molecule has 0 saturated carbocycles. The number of carbonyl (C=O) groups excluding carboxylic acids is 2. The van der Waals surface area contributed by atoms with E-state index < -0.39 is 16.6 Å². The Kier molecular flexibility index (Phi) is 7.16. The number of ketones is 1. The zero-order valence-electron chi connectivity index (χ0n) is 8.55. The van der Waals surface area contributed by atoms with Crippen molar-refractivity contribution in [1.82, 2.24) is 4.98 Å². The summed E-state index contributed by atoms with van der Waals surface area (Å²) in [5.74, 6) is -1.45. The van der Waals surface area contributed by atoms with Gasteiger partial charge in [-0.25, -0.2) is 4.79 Å². The molecule has 1 rings (SSSR count). The van der Waals surface area contributed by atoms with Crippen LogP contribution in [0.5, 0.6) is 0 Å². The van der Waals surface area contributed by atoms with Gasteiger partial charge in [0, 0.05) is 12.4 Å². The fourth-order valence-electron chi connectivity index (χ4n) is 0.983. The molecule has 0 saturated heterocycles. The summed E-state index contributed by atoms with van der Waals surface area (Å²) >= 11 is 3.13. The predicted molar refractivity (Wildman–Crippen MR) is 67.9 cm³/mol. The molecule has 1 heterocycles. The molecule has 88 valence electrons. The summed E-state index contributed by atoms with van der Waals surface area (Å²) in [6.07, 6.45) is 3.12. The lowest BCUT2D eigenvalue weighted by molar-refractivity contribution is -0.153. The maximum absolute atomic E-state index is 11.5. The third-order valence-electron chi connectivity index (χ3n) is 1.68. The van der Waals surface area contributed by atoms with Crippen molar-refractivity contribution in [1.29, 1.82) is 0 Å². The number of rotatable bonds is 4. The molecule has 1 aromatic heterocycles. The van der Waals surface area contributed by atoms with E-state index in [9.17, 15) is 9.59 Å². The van der Waals surface area contributed by atoms with E-state index >= 15 is 0 Å². The van der Waals surface area contributed by atoms with E-state index in [-0.39, 0.29) is 23.6 Å². The van der Waals surface area contributed by atoms with Crippen molar-refractivity contribution < 1.29 is 14.3 Å². The number of carbonyl (C=O) groups is 2. The Morgan fingerprint density at radius 3 is 2.75 bits per heavy atom. The molecule has 1 atom stereocenters. The maximum Gasteiger partial charge on any atom is 0.376 e. The molecule has 0 bridgehead atoms. The number of Topliss-reactive ketones (excluding diaryl/α,β-unsaturated/α-hetero) is 1. The molecule has 0 amide bonds. The van der Waals surface area contributed by atoms with Gasteiger partial charge in [-0.1, -0.05) is 22.0 Å². The van der Waals surface area contributed by atoms with Gasteiger partial charge in [0.2, 0.25) is 0 Å². The monoisotopic (exact) mass is 351 g/mol. The highest BCUT2D eigenvalue weighted by atomic mass is 79.9. The Morgan fingerprint density at radius 2 is 2.25 bits per heavy atom. The number of nitrogens with zero attached hydrogens (tertiary/aromatic N) is 1. The molecular formula is C10H11Br2NO3. The van der Waals surface area contributed by atoms with Crippen LogP contribution in [0.25, 0.3) is 0 Å². The summed E-state index contributed by atoms with van der Waals surface area (Å²) in [5, 5.41) is 0. The Hall–Kier alpha value is -0.750. The Labute approximate surface area is 112 Å². The SMILES string of the molecule is Br.CCOC(=O)C(=O)C(Br)c1cccnc1. The van der Waals surface area contributed by atoms with Gasteiger partial charge in [-0.05, 0) is 18.6 Å². The second-order valence-electron chi connectivity index (χ2n) is 2.73. The quantitative estimate of drug-likeness (QED) is 0.473. The molecule has 4 nitrogen and oxygen atoms in total. The van der Waals surface area contributed by atoms with Crippen LogP contribution in [0.15, 0.2) is 24.5 Å². The number of ether oxygens (including phenoxy) is 1. The molecule has 0 aliphatic carbocycles. The van der Waals surface area contributed by atoms with E-state index in [1.54, 1.807) is 25.3 Å². The molecule has 0 aliphatic rings. The largest absolute Gasteiger partial charge is 0.460 e. The van der Waals surface area contributed by atoms with Crippen molar-refractivity contribution in [3.05, 3.63) is 30.1 Å². The van der Waals surface area contributed by atoms with Gasteiger partial charge in [0.25, 0.3) is 5.78 Å². The lowest BCUT2D eigenvalue weighted by Gasteiger charge is -2.07. The topological polar surface area (TPSA) is 56.3 Å². The second kappa shape index (κ2) is 7.51. The van der Waals surface area contributed by atoms with Crippen molar-refractivity contribution in [2.45, 2.75) is 11.8 Å². The lowest BCUT2D eigenvalue weighted by atomic mass is 10.1. The Morgan fingerprint density at radius 1 is 1.56 bits per heavy atom. The van der Waals surface area contributed by atoms with Crippen molar-refractivity contribution in [2.24, 2.45) is 0 Å². The number of hydrogen-bond acceptors (Lipinski definition) is 4. The van der Waals surface area contributed by atoms with Crippen molar-refractivity contribution in [3.63, 3.8) is 0 Å². The highest BCUT2D eigenvalue weighted by Gasteiger charge is 2.25. The van der Waals surface area contributed by atoms with Gasteiger partial charge < -0.3 is 4.74 Å². The lowest BCUT2D eigenvalue weighted by Crippen LogP contribution is -2.21. The standard InChI is InChI=1S/C10H10BrNO3.BrH/c1-2-15-10(14)9(13)8(11)7-4-3-5-12-6-7;/h3-6,8H,2H2,1H3;1H. The molecular weight excluding hydrogens is 342 g/mol. The van der Waals surface area contributed by atoms with Crippen LogP contribution in [0.1, 0.15) is 17.3 Å². The third-order valence-corrected chi connectivity index (χ3v) is 2.63. The average molecular weight is 353 g/mol. The smallest absolute Gasteiger partial charge is 0.376 e. The van der Waals surface area contributed by atoms with E-state index in [0.29, 0.717) is 5.56 Å². The maximum atomic E-state index is 11.5. The fraction of sp³-hybridized carbons (Fsp3) is 0.300. The van der Waals surface area contributed by atoms with E-state index in [2.05, 4.69) is 25.7 Å². The first-order valence-corrected chi connectivity index (χ1v) is 5.33. The van der Waals surface area contributed by atoms with Gasteiger partial charge in [-0.15, -0.1) is 17.0 Å². The van der Waals surface area contributed by atoms with Crippen LogP contribution in [0, 0.1) is 0 Å². The van der Waals surface area contributed by atoms with E-state index in [1.165, 1.54) is 6.20 Å². The first kappa shape index (κ1) is 15.2. The molecule has 0 aromatic carbocycles. The molecule has 16 heavy (non-hydrogen) atoms. The molecule has 0 radical (unpaired) electrons. The van der Waals surface area contributed by atoms with Crippen LogP contribution in [-0.4, -0.2) is 23.3 Å². The Bertz CT molecular complexity index is 356. The molecule has 0 spiro atoms. The van der Waals surface area contributed by atoms with Gasteiger partial charge in [-0.2, -0.15) is 0 Å². The van der Waals surface area contributed by atoms with E-state index in [4.69, 9.17) is 0 Å². The molecule has 1 aromatic rings. The van der Waals surface area contributed by atoms with Crippen LogP contribution in [0.3, 0.4) is 0 Å². The van der Waals surface area contributed by atoms with Gasteiger partial charge >= 0.3 is 5.97 Å². The number of aromatic nitrogens is 1. The van der Waals surface area contributed by atoms with Crippen molar-refractivity contribution in [2.75, 3.05) is 6.61 Å². The van der Waals surface area contributed by atoms with Crippen LogP contribution >= 0.6 is 32.9 Å². The highest BCUT2D eigenvalue weighted by Crippen LogP contribution is 2.22. The number of halogens is 2. The summed E-state index contributed by atoms with van der Waals surface area (Å²) in [4.78, 5) is 25.8. The number of esters is 1. The number of pyridine rings is 1. The summed E-state index contributed by atoms with van der Waals surface area (Å²) in [6.45, 7) is 1.84. The molecule has 0 fully saturated rings. The van der Waals surface area contributed by atoms with Crippen molar-refractivity contribution >= 4 is 44.7 Å². The minimum Gasteiger partial charge on any atom is -0.460 e. The zero-order chi connectivity index (χ0) is 11.3. The summed E-state index contributed by atoms with van der Waals surface area (Å²) < 4.78 is 4.61. The summed E-state index contributed by atoms with van der Waals surface area (Å²) in [7, 11) is 0. The molecule has 1 unspecified atom stereocenters. The van der Waals surface area contributed by atoms with E-state index in [0.717, 1.165) is 0 Å². The third kappa shape index (κ3) is 4.02. The van der Waals surface area contributed by atoms with E-state index in [1.807, 2.05) is 0 Å². The fourth-order valence-corrected chi connectivity index (χ4v) is 1.44. The van der Waals surface area contributed by atoms with Gasteiger partial charge in [-0.3, -0.25) is 9.78 Å². The second-order valence-corrected chi connectivity index (χ2v) is 3.65. The zero-order valence-corrected chi connectivity index (χ0v) is 11.9.